The molecule has 0 spiro atoms. The van der Waals surface area contributed by atoms with Gasteiger partial charge in [0.05, 0.1) is 6.61 Å². The molecule has 17 heavy (non-hydrogen) atoms. The second-order valence-electron chi connectivity index (χ2n) is 4.88. The summed E-state index contributed by atoms with van der Waals surface area (Å²) in [5.74, 6) is -1.39. The van der Waals surface area contributed by atoms with Crippen molar-refractivity contribution in [3.8, 4) is 0 Å². The van der Waals surface area contributed by atoms with E-state index in [0.717, 1.165) is 5.56 Å². The highest BCUT2D eigenvalue weighted by molar-refractivity contribution is 6.40. The van der Waals surface area contributed by atoms with Gasteiger partial charge in [-0.25, -0.2) is 4.79 Å². The molecule has 0 unspecified atom stereocenters. The largest absolute Gasteiger partial charge is 0.460 e. The van der Waals surface area contributed by atoms with Crippen molar-refractivity contribution in [3.63, 3.8) is 0 Å². The molecule has 0 aromatic heterocycles. The van der Waals surface area contributed by atoms with Gasteiger partial charge in [-0.3, -0.25) is 4.79 Å². The summed E-state index contributed by atoms with van der Waals surface area (Å²) in [7, 11) is 0. The minimum absolute atomic E-state index is 0.0332. The number of carbonyl (C=O) groups excluding carboxylic acids is 2. The number of rotatable bonds is 3. The Labute approximate surface area is 102 Å². The summed E-state index contributed by atoms with van der Waals surface area (Å²) < 4.78 is 4.67. The predicted octanol–water partition coefficient (Wildman–Crippen LogP) is 2.73. The molecule has 0 bridgehead atoms. The van der Waals surface area contributed by atoms with Crippen molar-refractivity contribution in [2.24, 2.45) is 0 Å². The first-order valence-corrected chi connectivity index (χ1v) is 5.68. The van der Waals surface area contributed by atoms with Crippen molar-refractivity contribution < 1.29 is 14.3 Å². The van der Waals surface area contributed by atoms with E-state index >= 15 is 0 Å². The van der Waals surface area contributed by atoms with E-state index in [1.807, 2.05) is 12.1 Å². The quantitative estimate of drug-likeness (QED) is 0.459. The van der Waals surface area contributed by atoms with Gasteiger partial charge in [0.1, 0.15) is 0 Å². The average molecular weight is 234 g/mol. The van der Waals surface area contributed by atoms with Crippen LogP contribution in [0.25, 0.3) is 0 Å². The normalized spacial score (nSPS) is 11.1. The monoisotopic (exact) mass is 234 g/mol. The minimum Gasteiger partial charge on any atom is -0.460 e. The fourth-order valence-corrected chi connectivity index (χ4v) is 1.44. The third kappa shape index (κ3) is 3.41. The molecule has 1 rings (SSSR count). The van der Waals surface area contributed by atoms with Gasteiger partial charge in [0, 0.05) is 5.56 Å². The number of ether oxygens (including phenoxy) is 1. The van der Waals surface area contributed by atoms with E-state index in [1.165, 1.54) is 0 Å². The zero-order chi connectivity index (χ0) is 13.1. The Morgan fingerprint density at radius 3 is 2.06 bits per heavy atom. The molecule has 0 amide bonds. The summed E-state index contributed by atoms with van der Waals surface area (Å²) in [5.41, 5.74) is 1.53. The van der Waals surface area contributed by atoms with E-state index in [-0.39, 0.29) is 12.0 Å². The van der Waals surface area contributed by atoms with Crippen LogP contribution in [0.2, 0.25) is 0 Å². The molecule has 0 aliphatic carbocycles. The van der Waals surface area contributed by atoms with Crippen molar-refractivity contribution in [1.29, 1.82) is 0 Å². The Bertz CT molecular complexity index is 410. The van der Waals surface area contributed by atoms with Crippen LogP contribution in [-0.4, -0.2) is 18.4 Å². The fourth-order valence-electron chi connectivity index (χ4n) is 1.44. The summed E-state index contributed by atoms with van der Waals surface area (Å²) >= 11 is 0. The second-order valence-corrected chi connectivity index (χ2v) is 4.88. The highest BCUT2D eigenvalue weighted by atomic mass is 16.5. The lowest BCUT2D eigenvalue weighted by molar-refractivity contribution is -0.137. The molecule has 0 heterocycles. The lowest BCUT2D eigenvalue weighted by Crippen LogP contribution is -2.18. The molecule has 0 N–H and O–H groups in total. The zero-order valence-electron chi connectivity index (χ0n) is 10.7. The van der Waals surface area contributed by atoms with Crippen LogP contribution < -0.4 is 0 Å². The van der Waals surface area contributed by atoms with Gasteiger partial charge in [0.25, 0.3) is 5.78 Å². The van der Waals surface area contributed by atoms with Gasteiger partial charge < -0.3 is 4.74 Å². The number of hydrogen-bond acceptors (Lipinski definition) is 3. The lowest BCUT2D eigenvalue weighted by atomic mass is 9.86. The summed E-state index contributed by atoms with van der Waals surface area (Å²) in [6, 6.07) is 7.07. The van der Waals surface area contributed by atoms with Gasteiger partial charge in [-0.1, -0.05) is 45.0 Å². The van der Waals surface area contributed by atoms with Gasteiger partial charge in [-0.15, -0.1) is 0 Å². The minimum atomic E-state index is -0.795. The molecule has 0 radical (unpaired) electrons. The number of hydrogen-bond donors (Lipinski definition) is 0. The molecule has 92 valence electrons. The van der Waals surface area contributed by atoms with Crippen LogP contribution in [-0.2, 0) is 14.9 Å². The number of carbonyl (C=O) groups is 2. The number of benzene rings is 1. The van der Waals surface area contributed by atoms with Crippen molar-refractivity contribution in [3.05, 3.63) is 35.4 Å². The van der Waals surface area contributed by atoms with E-state index < -0.39 is 11.8 Å². The molecule has 0 saturated heterocycles. The van der Waals surface area contributed by atoms with E-state index in [4.69, 9.17) is 0 Å². The third-order valence-electron chi connectivity index (χ3n) is 2.47. The average Bonchev–Trinajstić information content (AvgIpc) is 2.27. The topological polar surface area (TPSA) is 43.4 Å². The van der Waals surface area contributed by atoms with Gasteiger partial charge in [-0.2, -0.15) is 0 Å². The van der Waals surface area contributed by atoms with E-state index in [0.29, 0.717) is 5.56 Å². The van der Waals surface area contributed by atoms with Gasteiger partial charge >= 0.3 is 5.97 Å². The zero-order valence-corrected chi connectivity index (χ0v) is 10.7. The Hall–Kier alpha value is -1.64. The number of Topliss-reactive ketones (excluding diaryl/α,β-unsaturated/α-hetero) is 1. The SMILES string of the molecule is CCOC(=O)C(=O)c1ccc(C(C)(C)C)cc1. The maximum atomic E-state index is 11.6. The van der Waals surface area contributed by atoms with Crippen LogP contribution in [0.5, 0.6) is 0 Å². The molecule has 0 aliphatic rings. The van der Waals surface area contributed by atoms with Crippen LogP contribution in [0.15, 0.2) is 24.3 Å². The lowest BCUT2D eigenvalue weighted by Gasteiger charge is -2.18. The van der Waals surface area contributed by atoms with Crippen molar-refractivity contribution >= 4 is 11.8 Å². The molecular weight excluding hydrogens is 216 g/mol. The molecule has 0 fully saturated rings. The summed E-state index contributed by atoms with van der Waals surface area (Å²) in [6.07, 6.45) is 0. The maximum absolute atomic E-state index is 11.6. The first-order valence-electron chi connectivity index (χ1n) is 5.68. The summed E-state index contributed by atoms with van der Waals surface area (Å²) in [6.45, 7) is 8.16. The first-order chi connectivity index (χ1) is 7.86. The van der Waals surface area contributed by atoms with Crippen LogP contribution in [0.3, 0.4) is 0 Å². The van der Waals surface area contributed by atoms with Crippen LogP contribution in [0.4, 0.5) is 0 Å². The predicted molar refractivity (Wildman–Crippen MR) is 66.1 cm³/mol. The van der Waals surface area contributed by atoms with Crippen LogP contribution in [0.1, 0.15) is 43.6 Å². The molecule has 0 saturated carbocycles. The summed E-state index contributed by atoms with van der Waals surface area (Å²) in [5, 5.41) is 0. The highest BCUT2D eigenvalue weighted by Crippen LogP contribution is 2.22. The van der Waals surface area contributed by atoms with E-state index in [1.54, 1.807) is 19.1 Å². The molecule has 3 nitrogen and oxygen atoms in total. The van der Waals surface area contributed by atoms with Crippen molar-refractivity contribution in [1.82, 2.24) is 0 Å². The van der Waals surface area contributed by atoms with Crippen molar-refractivity contribution in [2.75, 3.05) is 6.61 Å². The van der Waals surface area contributed by atoms with Crippen molar-refractivity contribution in [2.45, 2.75) is 33.1 Å². The van der Waals surface area contributed by atoms with Gasteiger partial charge in [0.15, 0.2) is 0 Å². The molecule has 0 atom stereocenters. The smallest absolute Gasteiger partial charge is 0.379 e. The highest BCUT2D eigenvalue weighted by Gasteiger charge is 2.19. The summed E-state index contributed by atoms with van der Waals surface area (Å²) in [4.78, 5) is 22.9. The maximum Gasteiger partial charge on any atom is 0.379 e. The third-order valence-corrected chi connectivity index (χ3v) is 2.47. The van der Waals surface area contributed by atoms with E-state index in [2.05, 4.69) is 25.5 Å². The van der Waals surface area contributed by atoms with Crippen LogP contribution >= 0.6 is 0 Å². The van der Waals surface area contributed by atoms with Gasteiger partial charge in [-0.05, 0) is 17.9 Å². The Balaban J connectivity index is 2.88. The molecule has 1 aromatic carbocycles. The first kappa shape index (κ1) is 13.4. The number of ketones is 1. The molecule has 0 aliphatic heterocycles. The Morgan fingerprint density at radius 2 is 1.65 bits per heavy atom. The molecule has 3 heteroatoms. The molecule has 1 aromatic rings. The van der Waals surface area contributed by atoms with E-state index in [9.17, 15) is 9.59 Å². The Kier molecular flexibility index (Phi) is 4.05. The molecular formula is C14H18O3. The second kappa shape index (κ2) is 5.13. The standard InChI is InChI=1S/C14H18O3/c1-5-17-13(16)12(15)10-6-8-11(9-7-10)14(2,3)4/h6-9H,5H2,1-4H3. The fraction of sp³-hybridized carbons (Fsp3) is 0.429. The van der Waals surface area contributed by atoms with Gasteiger partial charge in [0.2, 0.25) is 0 Å². The number of esters is 1. The Morgan fingerprint density at radius 1 is 1.12 bits per heavy atom. The van der Waals surface area contributed by atoms with Crippen LogP contribution in [0, 0.1) is 0 Å².